The van der Waals surface area contributed by atoms with Crippen LogP contribution in [0.15, 0.2) is 97.1 Å². The van der Waals surface area contributed by atoms with Gasteiger partial charge >= 0.3 is 5.97 Å². The van der Waals surface area contributed by atoms with Crippen LogP contribution in [0.5, 0.6) is 11.5 Å². The van der Waals surface area contributed by atoms with E-state index in [1.54, 1.807) is 36.4 Å². The molecule has 5 aromatic rings. The fourth-order valence-electron chi connectivity index (χ4n) is 4.28. The Hall–Kier alpha value is -5.24. The molecule has 6 rings (SSSR count). The lowest BCUT2D eigenvalue weighted by molar-refractivity contribution is -0.123. The Bertz CT molecular complexity index is 1690. The van der Waals surface area contributed by atoms with Gasteiger partial charge in [-0.2, -0.15) is 0 Å². The Morgan fingerprint density at radius 3 is 2.10 bits per heavy atom. The van der Waals surface area contributed by atoms with Crippen LogP contribution in [0.1, 0.15) is 17.3 Å². The van der Waals surface area contributed by atoms with Gasteiger partial charge < -0.3 is 19.5 Å². The molecule has 192 valence electrons. The minimum atomic E-state index is -1.04. The normalized spacial score (nSPS) is 12.6. The number of esters is 1. The predicted octanol–water partition coefficient (Wildman–Crippen LogP) is 5.88. The van der Waals surface area contributed by atoms with E-state index in [-0.39, 0.29) is 12.4 Å². The van der Waals surface area contributed by atoms with Gasteiger partial charge in [0.1, 0.15) is 0 Å². The molecule has 39 heavy (non-hydrogen) atoms. The first kappa shape index (κ1) is 24.1. The summed E-state index contributed by atoms with van der Waals surface area (Å²) in [6.07, 6.45) is -1.04. The summed E-state index contributed by atoms with van der Waals surface area (Å²) in [5.41, 5.74) is 5.26. The number of hydrogen-bond donors (Lipinski definition) is 1. The van der Waals surface area contributed by atoms with E-state index in [0.717, 1.165) is 16.8 Å². The molecule has 0 spiro atoms. The molecule has 8 nitrogen and oxygen atoms in total. The van der Waals surface area contributed by atoms with Crippen molar-refractivity contribution in [2.24, 2.45) is 0 Å². The first-order valence-electron chi connectivity index (χ1n) is 12.4. The molecule has 0 fully saturated rings. The van der Waals surface area contributed by atoms with E-state index in [1.165, 1.54) is 6.92 Å². The number of carbonyl (C=O) groups excluding carboxylic acids is 2. The van der Waals surface area contributed by atoms with Crippen LogP contribution in [-0.4, -0.2) is 34.7 Å². The summed E-state index contributed by atoms with van der Waals surface area (Å²) < 4.78 is 16.1. The third-order valence-corrected chi connectivity index (χ3v) is 6.29. The van der Waals surface area contributed by atoms with Gasteiger partial charge in [0.2, 0.25) is 6.79 Å². The van der Waals surface area contributed by atoms with Gasteiger partial charge in [-0.3, -0.25) is 4.79 Å². The minimum Gasteiger partial charge on any atom is -0.454 e. The van der Waals surface area contributed by atoms with Crippen molar-refractivity contribution in [2.45, 2.75) is 13.0 Å². The summed E-state index contributed by atoms with van der Waals surface area (Å²) in [5.74, 6) is 0.0419. The number of aromatic nitrogens is 2. The van der Waals surface area contributed by atoms with Crippen LogP contribution in [0.25, 0.3) is 33.5 Å². The van der Waals surface area contributed by atoms with Gasteiger partial charge in [0.15, 0.2) is 17.6 Å². The second kappa shape index (κ2) is 10.3. The zero-order valence-electron chi connectivity index (χ0n) is 21.0. The standard InChI is InChI=1S/C31H23N3O5/c1-19(30(35)32-23-13-15-26-27(17-23)38-18-37-26)39-31(36)22-12-14-24-25(16-22)34-29(21-10-6-3-7-11-21)28(33-24)20-8-4-2-5-9-20/h2-17,19H,18H2,1H3,(H,32,35). The second-order valence-electron chi connectivity index (χ2n) is 8.96. The van der Waals surface area contributed by atoms with E-state index in [4.69, 9.17) is 24.2 Å². The van der Waals surface area contributed by atoms with Crippen molar-refractivity contribution in [3.8, 4) is 34.0 Å². The number of amides is 1. The molecule has 1 amide bonds. The Balaban J connectivity index is 1.25. The highest BCUT2D eigenvalue weighted by molar-refractivity contribution is 5.99. The zero-order valence-corrected chi connectivity index (χ0v) is 21.0. The number of nitrogens with one attached hydrogen (secondary N) is 1. The molecular formula is C31H23N3O5. The van der Waals surface area contributed by atoms with Gasteiger partial charge in [0.25, 0.3) is 5.91 Å². The van der Waals surface area contributed by atoms with Crippen LogP contribution in [-0.2, 0) is 9.53 Å². The number of nitrogens with zero attached hydrogens (tertiary/aromatic N) is 2. The van der Waals surface area contributed by atoms with Gasteiger partial charge in [-0.25, -0.2) is 14.8 Å². The van der Waals surface area contributed by atoms with Crippen molar-refractivity contribution in [2.75, 3.05) is 12.1 Å². The van der Waals surface area contributed by atoms with E-state index in [0.29, 0.717) is 33.9 Å². The Kier molecular flexibility index (Phi) is 6.34. The lowest BCUT2D eigenvalue weighted by Gasteiger charge is -2.14. The Morgan fingerprint density at radius 1 is 0.769 bits per heavy atom. The van der Waals surface area contributed by atoms with Crippen LogP contribution in [0, 0.1) is 0 Å². The van der Waals surface area contributed by atoms with Gasteiger partial charge in [-0.05, 0) is 37.3 Å². The van der Waals surface area contributed by atoms with Gasteiger partial charge in [-0.15, -0.1) is 0 Å². The fraction of sp³-hybridized carbons (Fsp3) is 0.0968. The number of benzene rings is 4. The number of carbonyl (C=O) groups is 2. The van der Waals surface area contributed by atoms with Crippen molar-refractivity contribution < 1.29 is 23.8 Å². The summed E-state index contributed by atoms with van der Waals surface area (Å²) in [4.78, 5) is 35.4. The average Bonchev–Trinajstić information content (AvgIpc) is 3.45. The van der Waals surface area contributed by atoms with Crippen LogP contribution >= 0.6 is 0 Å². The summed E-state index contributed by atoms with van der Waals surface area (Å²) in [6, 6.07) is 29.7. The number of ether oxygens (including phenoxy) is 3. The Labute approximate surface area is 224 Å². The van der Waals surface area contributed by atoms with Gasteiger partial charge in [-0.1, -0.05) is 60.7 Å². The average molecular weight is 518 g/mol. The van der Waals surface area contributed by atoms with Crippen LogP contribution in [0.4, 0.5) is 5.69 Å². The summed E-state index contributed by atoms with van der Waals surface area (Å²) in [7, 11) is 0. The maximum atomic E-state index is 13.0. The number of fused-ring (bicyclic) bond motifs is 2. The molecule has 0 saturated heterocycles. The topological polar surface area (TPSA) is 99.6 Å². The summed E-state index contributed by atoms with van der Waals surface area (Å²) >= 11 is 0. The maximum absolute atomic E-state index is 13.0. The fourth-order valence-corrected chi connectivity index (χ4v) is 4.28. The SMILES string of the molecule is CC(OC(=O)c1ccc2nc(-c3ccccc3)c(-c3ccccc3)nc2c1)C(=O)Nc1ccc2c(c1)OCO2. The molecule has 1 atom stereocenters. The van der Waals surface area contributed by atoms with Crippen molar-refractivity contribution in [1.29, 1.82) is 0 Å². The quantitative estimate of drug-likeness (QED) is 0.281. The molecule has 8 heteroatoms. The van der Waals surface area contributed by atoms with E-state index >= 15 is 0 Å². The molecule has 0 bridgehead atoms. The van der Waals surface area contributed by atoms with Gasteiger partial charge in [0.05, 0.1) is 28.0 Å². The highest BCUT2D eigenvalue weighted by Gasteiger charge is 2.22. The van der Waals surface area contributed by atoms with E-state index in [9.17, 15) is 9.59 Å². The molecular weight excluding hydrogens is 494 g/mol. The third kappa shape index (κ3) is 5.00. The molecule has 4 aromatic carbocycles. The van der Waals surface area contributed by atoms with Crippen LogP contribution in [0.2, 0.25) is 0 Å². The molecule has 1 aromatic heterocycles. The molecule has 1 unspecified atom stereocenters. The van der Waals surface area contributed by atoms with Crippen molar-refractivity contribution in [3.05, 3.63) is 103 Å². The summed E-state index contributed by atoms with van der Waals surface area (Å²) in [5, 5.41) is 2.73. The van der Waals surface area contributed by atoms with Gasteiger partial charge in [0, 0.05) is 22.9 Å². The Morgan fingerprint density at radius 2 is 1.41 bits per heavy atom. The molecule has 0 radical (unpaired) electrons. The van der Waals surface area contributed by atoms with E-state index in [2.05, 4.69) is 5.32 Å². The highest BCUT2D eigenvalue weighted by Crippen LogP contribution is 2.34. The monoisotopic (exact) mass is 517 g/mol. The third-order valence-electron chi connectivity index (χ3n) is 6.29. The second-order valence-corrected chi connectivity index (χ2v) is 8.96. The van der Waals surface area contributed by atoms with E-state index in [1.807, 2.05) is 60.7 Å². The molecule has 2 heterocycles. The summed E-state index contributed by atoms with van der Waals surface area (Å²) in [6.45, 7) is 1.65. The first-order valence-corrected chi connectivity index (χ1v) is 12.4. The van der Waals surface area contributed by atoms with E-state index < -0.39 is 18.0 Å². The smallest absolute Gasteiger partial charge is 0.338 e. The number of hydrogen-bond acceptors (Lipinski definition) is 7. The molecule has 0 saturated carbocycles. The highest BCUT2D eigenvalue weighted by atomic mass is 16.7. The van der Waals surface area contributed by atoms with Crippen molar-refractivity contribution in [3.63, 3.8) is 0 Å². The van der Waals surface area contributed by atoms with Crippen LogP contribution in [0.3, 0.4) is 0 Å². The number of anilines is 1. The minimum absolute atomic E-state index is 0.136. The van der Waals surface area contributed by atoms with Crippen molar-refractivity contribution >= 4 is 28.6 Å². The van der Waals surface area contributed by atoms with Crippen molar-refractivity contribution in [1.82, 2.24) is 9.97 Å². The number of rotatable bonds is 6. The van der Waals surface area contributed by atoms with Crippen LogP contribution < -0.4 is 14.8 Å². The lowest BCUT2D eigenvalue weighted by atomic mass is 10.0. The zero-order chi connectivity index (χ0) is 26.8. The maximum Gasteiger partial charge on any atom is 0.338 e. The molecule has 0 aliphatic carbocycles. The molecule has 1 aliphatic heterocycles. The predicted molar refractivity (Wildman–Crippen MR) is 146 cm³/mol. The largest absolute Gasteiger partial charge is 0.454 e. The lowest BCUT2D eigenvalue weighted by Crippen LogP contribution is -2.30. The molecule has 1 aliphatic rings. The molecule has 1 N–H and O–H groups in total. The first-order chi connectivity index (χ1) is 19.0.